The van der Waals surface area contributed by atoms with Crippen molar-refractivity contribution < 1.29 is 9.53 Å². The Balaban J connectivity index is 1.95. The molecule has 2 aromatic carbocycles. The summed E-state index contributed by atoms with van der Waals surface area (Å²) in [5.74, 6) is -0.311. The van der Waals surface area contributed by atoms with Crippen LogP contribution < -0.4 is 5.32 Å². The zero-order chi connectivity index (χ0) is 14.8. The van der Waals surface area contributed by atoms with Gasteiger partial charge in [-0.15, -0.1) is 0 Å². The van der Waals surface area contributed by atoms with Crippen LogP contribution in [0.5, 0.6) is 0 Å². The predicted molar refractivity (Wildman–Crippen MR) is 87.1 cm³/mol. The van der Waals surface area contributed by atoms with Crippen LogP contribution in [0, 0.1) is 0 Å². The van der Waals surface area contributed by atoms with Crippen LogP contribution in [0.1, 0.15) is 5.56 Å². The maximum atomic E-state index is 12.0. The standard InChI is InChI=1S/C16H11BrClNO2/c17-11-3-1-10(2-4-11)15-14(9-21-16(15)20)19-13-7-5-12(18)6-8-13/h1-8,19H,9H2. The lowest BCUT2D eigenvalue weighted by molar-refractivity contribution is -0.134. The van der Waals surface area contributed by atoms with E-state index in [1.54, 1.807) is 12.1 Å². The van der Waals surface area contributed by atoms with Gasteiger partial charge in [0.1, 0.15) is 6.61 Å². The van der Waals surface area contributed by atoms with E-state index in [1.165, 1.54) is 0 Å². The summed E-state index contributed by atoms with van der Waals surface area (Å²) >= 11 is 9.25. The molecule has 2 aromatic rings. The van der Waals surface area contributed by atoms with Gasteiger partial charge in [0.15, 0.2) is 0 Å². The highest BCUT2D eigenvalue weighted by Gasteiger charge is 2.26. The Bertz CT molecular complexity index is 708. The smallest absolute Gasteiger partial charge is 0.341 e. The molecule has 0 unspecified atom stereocenters. The number of hydrogen-bond donors (Lipinski definition) is 1. The molecule has 0 amide bonds. The molecule has 106 valence electrons. The van der Waals surface area contributed by atoms with E-state index in [4.69, 9.17) is 16.3 Å². The molecule has 0 saturated heterocycles. The number of esters is 1. The largest absolute Gasteiger partial charge is 0.456 e. The second-order valence-corrected chi connectivity index (χ2v) is 5.92. The third-order valence-electron chi connectivity index (χ3n) is 3.13. The molecule has 5 heteroatoms. The topological polar surface area (TPSA) is 38.3 Å². The summed E-state index contributed by atoms with van der Waals surface area (Å²) in [6, 6.07) is 14.9. The Morgan fingerprint density at radius 2 is 1.71 bits per heavy atom. The highest BCUT2D eigenvalue weighted by atomic mass is 79.9. The number of carbonyl (C=O) groups is 1. The summed E-state index contributed by atoms with van der Waals surface area (Å²) in [6.45, 7) is 0.243. The zero-order valence-corrected chi connectivity index (χ0v) is 13.2. The van der Waals surface area contributed by atoms with Gasteiger partial charge in [0, 0.05) is 15.2 Å². The number of ether oxygens (including phenoxy) is 1. The first-order valence-electron chi connectivity index (χ1n) is 6.32. The summed E-state index contributed by atoms with van der Waals surface area (Å²) in [7, 11) is 0. The number of benzene rings is 2. The SMILES string of the molecule is O=C1OCC(Nc2ccc(Cl)cc2)=C1c1ccc(Br)cc1. The van der Waals surface area contributed by atoms with Gasteiger partial charge >= 0.3 is 5.97 Å². The first-order valence-corrected chi connectivity index (χ1v) is 7.49. The first-order chi connectivity index (χ1) is 10.1. The van der Waals surface area contributed by atoms with Crippen molar-refractivity contribution in [3.05, 3.63) is 69.3 Å². The highest BCUT2D eigenvalue weighted by molar-refractivity contribution is 9.10. The van der Waals surface area contributed by atoms with E-state index in [-0.39, 0.29) is 12.6 Å². The van der Waals surface area contributed by atoms with Crippen LogP contribution in [-0.4, -0.2) is 12.6 Å². The van der Waals surface area contributed by atoms with E-state index < -0.39 is 0 Å². The average Bonchev–Trinajstić information content (AvgIpc) is 2.83. The lowest BCUT2D eigenvalue weighted by Gasteiger charge is -2.08. The molecular weight excluding hydrogens is 354 g/mol. The van der Waals surface area contributed by atoms with E-state index in [2.05, 4.69) is 21.2 Å². The quantitative estimate of drug-likeness (QED) is 0.816. The fourth-order valence-corrected chi connectivity index (χ4v) is 2.51. The van der Waals surface area contributed by atoms with Crippen molar-refractivity contribution in [2.24, 2.45) is 0 Å². The molecule has 0 saturated carbocycles. The summed E-state index contributed by atoms with van der Waals surface area (Å²) in [6.07, 6.45) is 0. The van der Waals surface area contributed by atoms with Crippen LogP contribution in [0.25, 0.3) is 5.57 Å². The van der Waals surface area contributed by atoms with Gasteiger partial charge in [-0.05, 0) is 42.0 Å². The summed E-state index contributed by atoms with van der Waals surface area (Å²) < 4.78 is 6.11. The van der Waals surface area contributed by atoms with Crippen molar-refractivity contribution in [3.63, 3.8) is 0 Å². The van der Waals surface area contributed by atoms with Crippen LogP contribution >= 0.6 is 27.5 Å². The summed E-state index contributed by atoms with van der Waals surface area (Å²) in [5, 5.41) is 3.89. The van der Waals surface area contributed by atoms with Crippen LogP contribution in [-0.2, 0) is 9.53 Å². The van der Waals surface area contributed by atoms with Crippen molar-refractivity contribution in [1.82, 2.24) is 0 Å². The molecule has 0 spiro atoms. The van der Waals surface area contributed by atoms with Gasteiger partial charge in [-0.2, -0.15) is 0 Å². The molecule has 0 aliphatic carbocycles. The molecule has 0 aromatic heterocycles. The number of carbonyl (C=O) groups excluding carboxylic acids is 1. The Hall–Kier alpha value is -1.78. The third-order valence-corrected chi connectivity index (χ3v) is 3.91. The minimum absolute atomic E-state index is 0.243. The molecule has 3 rings (SSSR count). The minimum Gasteiger partial charge on any atom is -0.456 e. The maximum absolute atomic E-state index is 12.0. The van der Waals surface area contributed by atoms with Crippen LogP contribution in [0.2, 0.25) is 5.02 Å². The van der Waals surface area contributed by atoms with Crippen LogP contribution in [0.15, 0.2) is 58.7 Å². The number of nitrogens with one attached hydrogen (secondary N) is 1. The second kappa shape index (κ2) is 5.92. The molecule has 1 aliphatic rings. The maximum Gasteiger partial charge on any atom is 0.341 e. The van der Waals surface area contributed by atoms with Gasteiger partial charge in [0.25, 0.3) is 0 Å². The highest BCUT2D eigenvalue weighted by Crippen LogP contribution is 2.28. The van der Waals surface area contributed by atoms with E-state index >= 15 is 0 Å². The minimum atomic E-state index is -0.311. The summed E-state index contributed by atoms with van der Waals surface area (Å²) in [4.78, 5) is 12.0. The van der Waals surface area contributed by atoms with E-state index in [1.807, 2.05) is 36.4 Å². The molecule has 0 fully saturated rings. The Morgan fingerprint density at radius 3 is 2.38 bits per heavy atom. The van der Waals surface area contributed by atoms with Crippen molar-refractivity contribution in [2.75, 3.05) is 11.9 Å². The second-order valence-electron chi connectivity index (χ2n) is 4.57. The molecule has 0 radical (unpaired) electrons. The first kappa shape index (κ1) is 14.2. The monoisotopic (exact) mass is 363 g/mol. The number of anilines is 1. The molecule has 3 nitrogen and oxygen atoms in total. The number of rotatable bonds is 3. The molecule has 0 atom stereocenters. The Labute approximate surface area is 135 Å². The number of hydrogen-bond acceptors (Lipinski definition) is 3. The van der Waals surface area contributed by atoms with Crippen molar-refractivity contribution >= 4 is 44.8 Å². The van der Waals surface area contributed by atoms with E-state index in [0.717, 1.165) is 21.4 Å². The van der Waals surface area contributed by atoms with Gasteiger partial charge in [-0.1, -0.05) is 39.7 Å². The summed E-state index contributed by atoms with van der Waals surface area (Å²) in [5.41, 5.74) is 3.02. The normalized spacial score (nSPS) is 14.3. The molecule has 21 heavy (non-hydrogen) atoms. The van der Waals surface area contributed by atoms with Crippen molar-refractivity contribution in [2.45, 2.75) is 0 Å². The zero-order valence-electron chi connectivity index (χ0n) is 10.9. The lowest BCUT2D eigenvalue weighted by Crippen LogP contribution is -2.03. The fraction of sp³-hybridized carbons (Fsp3) is 0.0625. The predicted octanol–water partition coefficient (Wildman–Crippen LogP) is 4.48. The van der Waals surface area contributed by atoms with Gasteiger partial charge < -0.3 is 10.1 Å². The Morgan fingerprint density at radius 1 is 1.05 bits per heavy atom. The molecule has 0 bridgehead atoms. The number of halogens is 2. The van der Waals surface area contributed by atoms with Gasteiger partial charge in [0.2, 0.25) is 0 Å². The van der Waals surface area contributed by atoms with Crippen molar-refractivity contribution in [3.8, 4) is 0 Å². The average molecular weight is 365 g/mol. The number of cyclic esters (lactones) is 1. The lowest BCUT2D eigenvalue weighted by atomic mass is 10.1. The van der Waals surface area contributed by atoms with Gasteiger partial charge in [0.05, 0.1) is 11.3 Å². The van der Waals surface area contributed by atoms with E-state index in [9.17, 15) is 4.79 Å². The van der Waals surface area contributed by atoms with Crippen molar-refractivity contribution in [1.29, 1.82) is 0 Å². The van der Waals surface area contributed by atoms with Crippen LogP contribution in [0.3, 0.4) is 0 Å². The van der Waals surface area contributed by atoms with Gasteiger partial charge in [-0.3, -0.25) is 0 Å². The molecule has 1 N–H and O–H groups in total. The third kappa shape index (κ3) is 3.12. The molecular formula is C16H11BrClNO2. The van der Waals surface area contributed by atoms with E-state index in [0.29, 0.717) is 10.6 Å². The van der Waals surface area contributed by atoms with Crippen LogP contribution in [0.4, 0.5) is 5.69 Å². The Kier molecular flexibility index (Phi) is 3.99. The fourth-order valence-electron chi connectivity index (χ4n) is 2.12. The molecule has 1 heterocycles. The van der Waals surface area contributed by atoms with Gasteiger partial charge in [-0.25, -0.2) is 4.79 Å². The molecule has 1 aliphatic heterocycles.